The van der Waals surface area contributed by atoms with Gasteiger partial charge in [0.05, 0.1) is 19.1 Å². The first-order chi connectivity index (χ1) is 12.0. The third-order valence-electron chi connectivity index (χ3n) is 3.34. The van der Waals surface area contributed by atoms with E-state index in [-0.39, 0.29) is 24.4 Å². The fraction of sp³-hybridized carbons (Fsp3) is 0.500. The van der Waals surface area contributed by atoms with Crippen molar-refractivity contribution >= 4 is 18.0 Å². The molecule has 0 saturated heterocycles. The topological polar surface area (TPSA) is 55.8 Å². The average Bonchev–Trinajstić information content (AvgIpc) is 2.56. The number of esters is 1. The monoisotopic (exact) mass is 347 g/mol. The lowest BCUT2D eigenvalue weighted by atomic mass is 10.2. The highest BCUT2D eigenvalue weighted by Crippen LogP contribution is 2.16. The second-order valence-corrected chi connectivity index (χ2v) is 5.95. The smallest absolute Gasteiger partial charge is 0.307 e. The van der Waals surface area contributed by atoms with Crippen LogP contribution in [0.4, 0.5) is 0 Å². The molecule has 0 aliphatic rings. The van der Waals surface area contributed by atoms with E-state index in [0.29, 0.717) is 19.7 Å². The van der Waals surface area contributed by atoms with Crippen LogP contribution in [0.3, 0.4) is 0 Å². The summed E-state index contributed by atoms with van der Waals surface area (Å²) in [6, 6.07) is 7.60. The predicted octanol–water partition coefficient (Wildman–Crippen LogP) is 3.68. The Morgan fingerprint density at radius 3 is 2.60 bits per heavy atom. The molecular weight excluding hydrogens is 318 g/mol. The van der Waals surface area contributed by atoms with Gasteiger partial charge in [0.1, 0.15) is 5.75 Å². The van der Waals surface area contributed by atoms with Gasteiger partial charge in [-0.25, -0.2) is 0 Å². The molecule has 0 atom stereocenters. The molecule has 0 aromatic heterocycles. The summed E-state index contributed by atoms with van der Waals surface area (Å²) in [4.78, 5) is 25.6. The van der Waals surface area contributed by atoms with Gasteiger partial charge < -0.3 is 14.4 Å². The van der Waals surface area contributed by atoms with Gasteiger partial charge in [0.2, 0.25) is 5.91 Å². The molecular formula is C20H29NO4. The van der Waals surface area contributed by atoms with Crippen LogP contribution in [0.2, 0.25) is 0 Å². The van der Waals surface area contributed by atoms with Gasteiger partial charge >= 0.3 is 5.97 Å². The van der Waals surface area contributed by atoms with Gasteiger partial charge in [-0.05, 0) is 51.0 Å². The number of hydrogen-bond donors (Lipinski definition) is 0. The van der Waals surface area contributed by atoms with Crippen LogP contribution in [-0.2, 0) is 14.3 Å². The summed E-state index contributed by atoms with van der Waals surface area (Å²) < 4.78 is 10.6. The molecule has 1 aromatic carbocycles. The lowest BCUT2D eigenvalue weighted by Crippen LogP contribution is -2.32. The van der Waals surface area contributed by atoms with Gasteiger partial charge in [0.25, 0.3) is 0 Å². The molecule has 1 aromatic rings. The maximum atomic E-state index is 12.4. The largest absolute Gasteiger partial charge is 0.491 e. The van der Waals surface area contributed by atoms with E-state index >= 15 is 0 Å². The molecule has 25 heavy (non-hydrogen) atoms. The summed E-state index contributed by atoms with van der Waals surface area (Å²) in [5.74, 6) is 0.387. The molecule has 0 aliphatic carbocycles. The van der Waals surface area contributed by atoms with Crippen molar-refractivity contribution in [1.29, 1.82) is 0 Å². The minimum absolute atomic E-state index is 0.101. The first-order valence-corrected chi connectivity index (χ1v) is 8.85. The summed E-state index contributed by atoms with van der Waals surface area (Å²) in [7, 11) is 0. The zero-order valence-corrected chi connectivity index (χ0v) is 15.7. The van der Waals surface area contributed by atoms with E-state index in [9.17, 15) is 9.59 Å². The Balaban J connectivity index is 2.68. The van der Waals surface area contributed by atoms with Crippen LogP contribution >= 0.6 is 0 Å². The summed E-state index contributed by atoms with van der Waals surface area (Å²) in [6.07, 6.45) is 4.45. The number of benzene rings is 1. The number of carbonyl (C=O) groups is 2. The lowest BCUT2D eigenvalue weighted by Gasteiger charge is -2.20. The van der Waals surface area contributed by atoms with Crippen molar-refractivity contribution in [2.24, 2.45) is 0 Å². The van der Waals surface area contributed by atoms with Crippen molar-refractivity contribution in [3.05, 3.63) is 35.9 Å². The number of ether oxygens (including phenoxy) is 2. The van der Waals surface area contributed by atoms with Crippen molar-refractivity contribution in [2.45, 2.75) is 46.6 Å². The van der Waals surface area contributed by atoms with Crippen LogP contribution in [-0.4, -0.2) is 42.6 Å². The van der Waals surface area contributed by atoms with Crippen molar-refractivity contribution in [3.8, 4) is 5.75 Å². The average molecular weight is 347 g/mol. The van der Waals surface area contributed by atoms with Crippen molar-refractivity contribution in [3.63, 3.8) is 0 Å². The number of carbonyl (C=O) groups excluding carboxylic acids is 2. The quantitative estimate of drug-likeness (QED) is 0.478. The highest BCUT2D eigenvalue weighted by Gasteiger charge is 2.12. The second-order valence-electron chi connectivity index (χ2n) is 5.95. The third kappa shape index (κ3) is 8.38. The van der Waals surface area contributed by atoms with Crippen LogP contribution in [0.5, 0.6) is 5.75 Å². The van der Waals surface area contributed by atoms with Crippen LogP contribution in [0.1, 0.15) is 46.1 Å². The van der Waals surface area contributed by atoms with Gasteiger partial charge in [-0.2, -0.15) is 0 Å². The van der Waals surface area contributed by atoms with Crippen molar-refractivity contribution in [2.75, 3.05) is 19.7 Å². The molecule has 0 fully saturated rings. The van der Waals surface area contributed by atoms with Gasteiger partial charge in [-0.3, -0.25) is 9.59 Å². The standard InChI is InChI=1S/C20H29NO4/c1-5-13-21(14-12-20(23)24-6-2)19(22)11-10-17-8-7-9-18(15-17)25-16(3)4/h7-11,15-16H,5-6,12-14H2,1-4H3/b11-10+. The maximum absolute atomic E-state index is 12.4. The van der Waals surface area contributed by atoms with Crippen molar-refractivity contribution in [1.82, 2.24) is 4.90 Å². The zero-order chi connectivity index (χ0) is 18.7. The first kappa shape index (κ1) is 20.7. The normalized spacial score (nSPS) is 10.9. The van der Waals surface area contributed by atoms with E-state index in [2.05, 4.69) is 0 Å². The number of hydrogen-bond acceptors (Lipinski definition) is 4. The Bertz CT molecular complexity index is 581. The fourth-order valence-electron chi connectivity index (χ4n) is 2.30. The fourth-order valence-corrected chi connectivity index (χ4v) is 2.30. The maximum Gasteiger partial charge on any atom is 0.307 e. The highest BCUT2D eigenvalue weighted by molar-refractivity contribution is 5.92. The van der Waals surface area contributed by atoms with E-state index in [1.165, 1.54) is 6.08 Å². The lowest BCUT2D eigenvalue weighted by molar-refractivity contribution is -0.143. The Kier molecular flexibility index (Phi) is 9.37. The summed E-state index contributed by atoms with van der Waals surface area (Å²) in [6.45, 7) is 9.05. The molecule has 0 spiro atoms. The minimum Gasteiger partial charge on any atom is -0.491 e. The molecule has 0 radical (unpaired) electrons. The van der Waals surface area contributed by atoms with Crippen molar-refractivity contribution < 1.29 is 19.1 Å². The molecule has 138 valence electrons. The van der Waals surface area contributed by atoms with E-state index in [1.54, 1.807) is 17.9 Å². The molecule has 0 heterocycles. The summed E-state index contributed by atoms with van der Waals surface area (Å²) in [5, 5.41) is 0. The highest BCUT2D eigenvalue weighted by atomic mass is 16.5. The Hall–Kier alpha value is -2.30. The van der Waals surface area contributed by atoms with Crippen LogP contribution in [0.25, 0.3) is 6.08 Å². The summed E-state index contributed by atoms with van der Waals surface area (Å²) >= 11 is 0. The van der Waals surface area contributed by atoms with Crippen LogP contribution in [0.15, 0.2) is 30.3 Å². The number of rotatable bonds is 10. The Morgan fingerprint density at radius 2 is 1.96 bits per heavy atom. The zero-order valence-electron chi connectivity index (χ0n) is 15.7. The van der Waals surface area contributed by atoms with E-state index in [0.717, 1.165) is 17.7 Å². The van der Waals surface area contributed by atoms with Gasteiger partial charge in [0, 0.05) is 19.2 Å². The van der Waals surface area contributed by atoms with E-state index < -0.39 is 0 Å². The molecule has 5 nitrogen and oxygen atoms in total. The third-order valence-corrected chi connectivity index (χ3v) is 3.34. The van der Waals surface area contributed by atoms with Crippen LogP contribution in [0, 0.1) is 0 Å². The summed E-state index contributed by atoms with van der Waals surface area (Å²) in [5.41, 5.74) is 0.897. The van der Waals surface area contributed by atoms with Gasteiger partial charge in [-0.15, -0.1) is 0 Å². The molecule has 0 unspecified atom stereocenters. The van der Waals surface area contributed by atoms with E-state index in [4.69, 9.17) is 9.47 Å². The predicted molar refractivity (Wildman–Crippen MR) is 99.4 cm³/mol. The second kappa shape index (κ2) is 11.3. The first-order valence-electron chi connectivity index (χ1n) is 8.85. The Labute approximate surface area is 150 Å². The molecule has 0 N–H and O–H groups in total. The molecule has 1 rings (SSSR count). The molecule has 0 aliphatic heterocycles. The van der Waals surface area contributed by atoms with Gasteiger partial charge in [-0.1, -0.05) is 19.1 Å². The molecule has 5 heteroatoms. The SMILES string of the molecule is CCCN(CCC(=O)OCC)C(=O)/C=C/c1cccc(OC(C)C)c1. The Morgan fingerprint density at radius 1 is 1.20 bits per heavy atom. The van der Waals surface area contributed by atoms with Crippen LogP contribution < -0.4 is 4.74 Å². The molecule has 1 amide bonds. The van der Waals surface area contributed by atoms with E-state index in [1.807, 2.05) is 45.0 Å². The number of nitrogens with zero attached hydrogens (tertiary/aromatic N) is 1. The molecule has 0 bridgehead atoms. The van der Waals surface area contributed by atoms with Gasteiger partial charge in [0.15, 0.2) is 0 Å². The molecule has 0 saturated carbocycles. The number of amides is 1. The minimum atomic E-state index is -0.279.